The summed E-state index contributed by atoms with van der Waals surface area (Å²) >= 11 is 0. The Morgan fingerprint density at radius 1 is 1.47 bits per heavy atom. The summed E-state index contributed by atoms with van der Waals surface area (Å²) in [5, 5.41) is 10.3. The molecule has 0 saturated heterocycles. The molecule has 0 aliphatic rings. The van der Waals surface area contributed by atoms with Crippen molar-refractivity contribution in [3.05, 3.63) is 48.4 Å². The number of hydrogen-bond acceptors (Lipinski definition) is 2. The first-order chi connectivity index (χ1) is 7.18. The Hall–Kier alpha value is -1.74. The molecule has 3 nitrogen and oxygen atoms in total. The number of nitrogens with two attached hydrogens (primary N) is 1. The Labute approximate surface area is 88.2 Å². The first-order valence-corrected chi connectivity index (χ1v) is 4.87. The normalized spacial score (nSPS) is 12.9. The molecule has 0 radical (unpaired) electrons. The van der Waals surface area contributed by atoms with Gasteiger partial charge in [0.25, 0.3) is 0 Å². The summed E-state index contributed by atoms with van der Waals surface area (Å²) in [7, 11) is 0. The van der Waals surface area contributed by atoms with Crippen LogP contribution in [0.25, 0.3) is 10.9 Å². The van der Waals surface area contributed by atoms with Gasteiger partial charge >= 0.3 is 0 Å². The third-order valence-corrected chi connectivity index (χ3v) is 2.54. The lowest BCUT2D eigenvalue weighted by molar-refractivity contribution is 0.369. The molecule has 4 N–H and O–H groups in total. The molecule has 0 fully saturated rings. The average Bonchev–Trinajstić information content (AvgIpc) is 2.62. The molecule has 0 spiro atoms. The minimum atomic E-state index is -0.399. The Kier molecular flexibility index (Phi) is 2.47. The van der Waals surface area contributed by atoms with Gasteiger partial charge in [-0.3, -0.25) is 0 Å². The quantitative estimate of drug-likeness (QED) is 0.667. The molecular weight excluding hydrogens is 188 g/mol. The van der Waals surface area contributed by atoms with Crippen molar-refractivity contribution in [2.75, 3.05) is 0 Å². The van der Waals surface area contributed by atoms with E-state index in [0.29, 0.717) is 6.42 Å². The number of benzene rings is 1. The van der Waals surface area contributed by atoms with Gasteiger partial charge in [-0.15, -0.1) is 0 Å². The van der Waals surface area contributed by atoms with Gasteiger partial charge in [0.05, 0.1) is 6.04 Å². The summed E-state index contributed by atoms with van der Waals surface area (Å²) < 4.78 is 0. The van der Waals surface area contributed by atoms with E-state index >= 15 is 0 Å². The topological polar surface area (TPSA) is 62.0 Å². The molecule has 1 aromatic carbocycles. The molecular formula is C12H14N2O. The Morgan fingerprint density at radius 3 is 2.93 bits per heavy atom. The van der Waals surface area contributed by atoms with Crippen LogP contribution < -0.4 is 5.73 Å². The molecule has 1 aromatic heterocycles. The first-order valence-electron chi connectivity index (χ1n) is 4.87. The number of para-hydroxylation sites is 1. The van der Waals surface area contributed by atoms with Gasteiger partial charge in [0.1, 0.15) is 5.76 Å². The summed E-state index contributed by atoms with van der Waals surface area (Å²) in [6, 6.07) is 7.61. The monoisotopic (exact) mass is 202 g/mol. The van der Waals surface area contributed by atoms with Crippen LogP contribution in [-0.4, -0.2) is 16.1 Å². The average molecular weight is 202 g/mol. The van der Waals surface area contributed by atoms with Gasteiger partial charge < -0.3 is 15.8 Å². The second kappa shape index (κ2) is 3.79. The number of rotatable bonds is 3. The van der Waals surface area contributed by atoms with Gasteiger partial charge in [-0.2, -0.15) is 0 Å². The van der Waals surface area contributed by atoms with Gasteiger partial charge in [0.2, 0.25) is 0 Å². The molecule has 2 aromatic rings. The van der Waals surface area contributed by atoms with Gasteiger partial charge in [-0.1, -0.05) is 24.8 Å². The van der Waals surface area contributed by atoms with E-state index in [4.69, 9.17) is 10.8 Å². The molecule has 0 aliphatic carbocycles. The zero-order valence-corrected chi connectivity index (χ0v) is 8.40. The van der Waals surface area contributed by atoms with Crippen molar-refractivity contribution in [2.45, 2.75) is 12.5 Å². The number of nitrogens with one attached hydrogen (secondary N) is 1. The van der Waals surface area contributed by atoms with Crippen molar-refractivity contribution in [3.8, 4) is 0 Å². The maximum Gasteiger partial charge on any atom is 0.102 e. The van der Waals surface area contributed by atoms with E-state index in [1.54, 1.807) is 0 Å². The molecule has 78 valence electrons. The molecule has 1 heterocycles. The number of aliphatic hydroxyl groups excluding tert-OH is 1. The third-order valence-electron chi connectivity index (χ3n) is 2.54. The minimum Gasteiger partial charge on any atom is -0.511 e. The molecule has 0 amide bonds. The lowest BCUT2D eigenvalue weighted by Crippen LogP contribution is -2.24. The number of aliphatic hydroxyl groups is 1. The van der Waals surface area contributed by atoms with E-state index in [9.17, 15) is 0 Å². The van der Waals surface area contributed by atoms with Gasteiger partial charge in [0, 0.05) is 17.1 Å². The highest BCUT2D eigenvalue weighted by Crippen LogP contribution is 2.19. The molecule has 15 heavy (non-hydrogen) atoms. The lowest BCUT2D eigenvalue weighted by Gasteiger charge is -2.08. The smallest absolute Gasteiger partial charge is 0.102 e. The predicted octanol–water partition coefficient (Wildman–Crippen LogP) is 2.11. The van der Waals surface area contributed by atoms with Crippen LogP contribution in [0.5, 0.6) is 0 Å². The lowest BCUT2D eigenvalue weighted by atomic mass is 10.0. The van der Waals surface area contributed by atoms with Gasteiger partial charge in [-0.25, -0.2) is 0 Å². The first kappa shape index (κ1) is 9.80. The fraction of sp³-hybridized carbons (Fsp3) is 0.167. The van der Waals surface area contributed by atoms with Crippen molar-refractivity contribution in [1.29, 1.82) is 0 Å². The maximum absolute atomic E-state index is 9.16. The zero-order valence-electron chi connectivity index (χ0n) is 8.40. The molecule has 1 atom stereocenters. The van der Waals surface area contributed by atoms with Crippen LogP contribution in [0.2, 0.25) is 0 Å². The van der Waals surface area contributed by atoms with Crippen LogP contribution in [0.3, 0.4) is 0 Å². The maximum atomic E-state index is 9.16. The molecule has 0 saturated carbocycles. The van der Waals surface area contributed by atoms with E-state index in [1.165, 1.54) is 0 Å². The summed E-state index contributed by atoms with van der Waals surface area (Å²) in [5.74, 6) is 0.0280. The highest BCUT2D eigenvalue weighted by atomic mass is 16.3. The highest BCUT2D eigenvalue weighted by Gasteiger charge is 2.10. The van der Waals surface area contributed by atoms with Gasteiger partial charge in [-0.05, 0) is 18.1 Å². The van der Waals surface area contributed by atoms with Crippen LogP contribution in [0, 0.1) is 0 Å². The standard InChI is InChI=1S/C12H14N2O/c1-8(15)11(13)6-9-7-14-12-5-3-2-4-10(9)12/h2-5,7,11,14-15H,1,6,13H2/t11-/m0/s1. The summed E-state index contributed by atoms with van der Waals surface area (Å²) in [5.41, 5.74) is 7.93. The Balaban J connectivity index is 2.32. The summed E-state index contributed by atoms with van der Waals surface area (Å²) in [6.45, 7) is 3.44. The molecule has 3 heteroatoms. The van der Waals surface area contributed by atoms with E-state index < -0.39 is 6.04 Å². The van der Waals surface area contributed by atoms with Gasteiger partial charge in [0.15, 0.2) is 0 Å². The van der Waals surface area contributed by atoms with Crippen molar-refractivity contribution in [2.24, 2.45) is 5.73 Å². The van der Waals surface area contributed by atoms with E-state index in [-0.39, 0.29) is 5.76 Å². The van der Waals surface area contributed by atoms with Crippen LogP contribution in [-0.2, 0) is 6.42 Å². The molecule has 2 rings (SSSR count). The predicted molar refractivity (Wildman–Crippen MR) is 61.7 cm³/mol. The fourth-order valence-corrected chi connectivity index (χ4v) is 1.66. The van der Waals surface area contributed by atoms with E-state index in [0.717, 1.165) is 16.5 Å². The molecule has 0 bridgehead atoms. The summed E-state index contributed by atoms with van der Waals surface area (Å²) in [6.07, 6.45) is 2.52. The Bertz CT molecular complexity index is 487. The second-order valence-corrected chi connectivity index (χ2v) is 3.66. The molecule has 0 aliphatic heterocycles. The van der Waals surface area contributed by atoms with Crippen molar-refractivity contribution < 1.29 is 5.11 Å². The zero-order chi connectivity index (χ0) is 10.8. The largest absolute Gasteiger partial charge is 0.511 e. The number of fused-ring (bicyclic) bond motifs is 1. The number of hydrogen-bond donors (Lipinski definition) is 3. The number of aromatic nitrogens is 1. The summed E-state index contributed by atoms with van der Waals surface area (Å²) in [4.78, 5) is 3.17. The van der Waals surface area contributed by atoms with Crippen molar-refractivity contribution in [1.82, 2.24) is 4.98 Å². The van der Waals surface area contributed by atoms with Crippen LogP contribution >= 0.6 is 0 Å². The minimum absolute atomic E-state index is 0.0280. The SMILES string of the molecule is C=C(O)[C@@H](N)Cc1c[nH]c2ccccc12. The second-order valence-electron chi connectivity index (χ2n) is 3.66. The molecule has 0 unspecified atom stereocenters. The van der Waals surface area contributed by atoms with Crippen molar-refractivity contribution >= 4 is 10.9 Å². The third kappa shape index (κ3) is 1.87. The van der Waals surface area contributed by atoms with E-state index in [2.05, 4.69) is 11.6 Å². The van der Waals surface area contributed by atoms with Crippen LogP contribution in [0.1, 0.15) is 5.56 Å². The highest BCUT2D eigenvalue weighted by molar-refractivity contribution is 5.83. The number of H-pyrrole nitrogens is 1. The Morgan fingerprint density at radius 2 is 2.20 bits per heavy atom. The van der Waals surface area contributed by atoms with Crippen LogP contribution in [0.4, 0.5) is 0 Å². The number of aromatic amines is 1. The van der Waals surface area contributed by atoms with E-state index in [1.807, 2.05) is 30.5 Å². The van der Waals surface area contributed by atoms with Crippen molar-refractivity contribution in [3.63, 3.8) is 0 Å². The fourth-order valence-electron chi connectivity index (χ4n) is 1.66. The van der Waals surface area contributed by atoms with Crippen LogP contribution in [0.15, 0.2) is 42.8 Å².